The summed E-state index contributed by atoms with van der Waals surface area (Å²) in [5.41, 5.74) is 4.80. The zero-order valence-electron chi connectivity index (χ0n) is 17.0. The Kier molecular flexibility index (Phi) is 4.55. The van der Waals surface area contributed by atoms with Crippen LogP contribution in [0.2, 0.25) is 0 Å². The van der Waals surface area contributed by atoms with Crippen LogP contribution >= 0.6 is 0 Å². The number of anilines is 1. The van der Waals surface area contributed by atoms with E-state index < -0.39 is 0 Å². The lowest BCUT2D eigenvalue weighted by Gasteiger charge is -2.08. The van der Waals surface area contributed by atoms with Gasteiger partial charge in [0.15, 0.2) is 5.82 Å². The van der Waals surface area contributed by atoms with Crippen LogP contribution in [0.15, 0.2) is 77.4 Å². The van der Waals surface area contributed by atoms with E-state index in [4.69, 9.17) is 4.52 Å². The number of amides is 1. The molecule has 7 nitrogen and oxygen atoms in total. The summed E-state index contributed by atoms with van der Waals surface area (Å²) in [6.45, 7) is 2.02. The van der Waals surface area contributed by atoms with E-state index in [1.165, 1.54) is 0 Å². The van der Waals surface area contributed by atoms with E-state index in [-0.39, 0.29) is 5.91 Å². The number of aryl methyl sites for hydroxylation is 2. The lowest BCUT2D eigenvalue weighted by atomic mass is 10.0. The molecule has 0 aliphatic heterocycles. The van der Waals surface area contributed by atoms with Crippen LogP contribution < -0.4 is 5.32 Å². The smallest absolute Gasteiger partial charge is 0.259 e. The van der Waals surface area contributed by atoms with Crippen molar-refractivity contribution in [2.75, 3.05) is 5.32 Å². The van der Waals surface area contributed by atoms with Gasteiger partial charge in [-0.05, 0) is 13.0 Å². The summed E-state index contributed by atoms with van der Waals surface area (Å²) in [6, 6.07) is 21.1. The van der Waals surface area contributed by atoms with Crippen molar-refractivity contribution in [3.8, 4) is 22.5 Å². The van der Waals surface area contributed by atoms with Crippen molar-refractivity contribution in [1.29, 1.82) is 0 Å². The minimum atomic E-state index is -0.306. The SMILES string of the molecule is Cc1ccc(-c2noc3nc(-c4ccccc4)cc(C(=O)Nc4ccn(C)n4)c23)cc1. The normalized spacial score (nSPS) is 11.0. The van der Waals surface area contributed by atoms with Crippen LogP contribution in [0.4, 0.5) is 5.82 Å². The molecule has 152 valence electrons. The Morgan fingerprint density at radius 2 is 1.77 bits per heavy atom. The molecule has 0 bridgehead atoms. The van der Waals surface area contributed by atoms with Gasteiger partial charge in [-0.2, -0.15) is 5.10 Å². The number of fused-ring (bicyclic) bond motifs is 1. The van der Waals surface area contributed by atoms with Crippen molar-refractivity contribution in [2.45, 2.75) is 6.92 Å². The van der Waals surface area contributed by atoms with Crippen LogP contribution in [-0.4, -0.2) is 25.8 Å². The van der Waals surface area contributed by atoms with E-state index >= 15 is 0 Å². The number of carbonyl (C=O) groups excluding carboxylic acids is 1. The number of nitrogens with zero attached hydrogens (tertiary/aromatic N) is 4. The molecule has 0 saturated carbocycles. The predicted octanol–water partition coefficient (Wildman–Crippen LogP) is 4.85. The molecule has 5 rings (SSSR count). The molecular formula is C24H19N5O2. The molecular weight excluding hydrogens is 390 g/mol. The number of hydrogen-bond acceptors (Lipinski definition) is 5. The maximum atomic E-state index is 13.3. The van der Waals surface area contributed by atoms with Gasteiger partial charge in [0.25, 0.3) is 11.6 Å². The van der Waals surface area contributed by atoms with E-state index in [9.17, 15) is 4.79 Å². The lowest BCUT2D eigenvalue weighted by Crippen LogP contribution is -2.13. The number of benzene rings is 2. The fraction of sp³-hybridized carbons (Fsp3) is 0.0833. The van der Waals surface area contributed by atoms with Crippen LogP contribution in [0, 0.1) is 6.92 Å². The third-order valence-electron chi connectivity index (χ3n) is 5.04. The highest BCUT2D eigenvalue weighted by Crippen LogP contribution is 2.33. The van der Waals surface area contributed by atoms with Crippen molar-refractivity contribution in [2.24, 2.45) is 7.05 Å². The van der Waals surface area contributed by atoms with Gasteiger partial charge in [-0.3, -0.25) is 9.48 Å². The van der Waals surface area contributed by atoms with Gasteiger partial charge in [0, 0.05) is 30.4 Å². The second kappa shape index (κ2) is 7.53. The van der Waals surface area contributed by atoms with E-state index in [2.05, 4.69) is 20.6 Å². The maximum Gasteiger partial charge on any atom is 0.259 e. The van der Waals surface area contributed by atoms with Crippen LogP contribution in [0.3, 0.4) is 0 Å². The minimum Gasteiger partial charge on any atom is -0.335 e. The molecule has 0 saturated heterocycles. The molecule has 0 unspecified atom stereocenters. The second-order valence-corrected chi connectivity index (χ2v) is 7.33. The molecule has 7 heteroatoms. The molecule has 3 aromatic heterocycles. The molecule has 2 aromatic carbocycles. The quantitative estimate of drug-likeness (QED) is 0.459. The van der Waals surface area contributed by atoms with Gasteiger partial charge in [0.05, 0.1) is 16.6 Å². The molecule has 0 aliphatic rings. The van der Waals surface area contributed by atoms with Gasteiger partial charge < -0.3 is 9.84 Å². The second-order valence-electron chi connectivity index (χ2n) is 7.33. The average Bonchev–Trinajstić information content (AvgIpc) is 3.40. The highest BCUT2D eigenvalue weighted by Gasteiger charge is 2.22. The molecule has 3 heterocycles. The Balaban J connectivity index is 1.69. The first-order valence-corrected chi connectivity index (χ1v) is 9.82. The van der Waals surface area contributed by atoms with Gasteiger partial charge in [-0.15, -0.1) is 0 Å². The average molecular weight is 409 g/mol. The number of pyridine rings is 1. The van der Waals surface area contributed by atoms with E-state index in [0.717, 1.165) is 16.7 Å². The molecule has 31 heavy (non-hydrogen) atoms. The van der Waals surface area contributed by atoms with Crippen molar-refractivity contribution in [3.05, 3.63) is 84.1 Å². The number of nitrogens with one attached hydrogen (secondary N) is 1. The summed E-state index contributed by atoms with van der Waals surface area (Å²) in [7, 11) is 1.79. The fourth-order valence-corrected chi connectivity index (χ4v) is 3.46. The summed E-state index contributed by atoms with van der Waals surface area (Å²) in [5.74, 6) is 0.159. The van der Waals surface area contributed by atoms with Gasteiger partial charge in [-0.1, -0.05) is 65.3 Å². The molecule has 1 amide bonds. The molecule has 1 N–H and O–H groups in total. The monoisotopic (exact) mass is 409 g/mol. The number of carbonyl (C=O) groups is 1. The first-order chi connectivity index (χ1) is 15.1. The summed E-state index contributed by atoms with van der Waals surface area (Å²) in [6.07, 6.45) is 1.77. The Hall–Kier alpha value is -4.26. The summed E-state index contributed by atoms with van der Waals surface area (Å²) >= 11 is 0. The molecule has 0 fully saturated rings. The third kappa shape index (κ3) is 3.57. The predicted molar refractivity (Wildman–Crippen MR) is 119 cm³/mol. The van der Waals surface area contributed by atoms with Gasteiger partial charge >= 0.3 is 0 Å². The highest BCUT2D eigenvalue weighted by atomic mass is 16.5. The van der Waals surface area contributed by atoms with E-state index in [0.29, 0.717) is 33.9 Å². The lowest BCUT2D eigenvalue weighted by molar-refractivity contribution is 0.102. The zero-order chi connectivity index (χ0) is 21.4. The molecule has 0 atom stereocenters. The summed E-state index contributed by atoms with van der Waals surface area (Å²) in [4.78, 5) is 17.9. The molecule has 0 aliphatic carbocycles. The van der Waals surface area contributed by atoms with Crippen LogP contribution in [0.5, 0.6) is 0 Å². The molecule has 0 spiro atoms. The van der Waals surface area contributed by atoms with E-state index in [1.54, 1.807) is 30.1 Å². The minimum absolute atomic E-state index is 0.306. The Morgan fingerprint density at radius 3 is 2.48 bits per heavy atom. The largest absolute Gasteiger partial charge is 0.335 e. The first kappa shape index (κ1) is 18.7. The zero-order valence-corrected chi connectivity index (χ0v) is 17.0. The standard InChI is InChI=1S/C24H19N5O2/c1-15-8-10-17(11-9-15)22-21-18(23(30)26-20-12-13-29(2)27-20)14-19(25-24(21)31-28-22)16-6-4-3-5-7-16/h3-14H,1-2H3,(H,26,27,30). The highest BCUT2D eigenvalue weighted by molar-refractivity contribution is 6.15. The summed E-state index contributed by atoms with van der Waals surface area (Å²) in [5, 5.41) is 11.9. The Bertz CT molecular complexity index is 1390. The van der Waals surface area contributed by atoms with Gasteiger partial charge in [0.2, 0.25) is 0 Å². The van der Waals surface area contributed by atoms with Crippen LogP contribution in [-0.2, 0) is 7.05 Å². The van der Waals surface area contributed by atoms with E-state index in [1.807, 2.05) is 61.5 Å². The first-order valence-electron chi connectivity index (χ1n) is 9.82. The maximum absolute atomic E-state index is 13.3. The number of aromatic nitrogens is 4. The van der Waals surface area contributed by atoms with Crippen molar-refractivity contribution >= 4 is 22.8 Å². The fourth-order valence-electron chi connectivity index (χ4n) is 3.46. The number of hydrogen-bond donors (Lipinski definition) is 1. The van der Waals surface area contributed by atoms with Crippen LogP contribution in [0.1, 0.15) is 15.9 Å². The Morgan fingerprint density at radius 1 is 1.00 bits per heavy atom. The molecule has 5 aromatic rings. The Labute approximate surface area is 178 Å². The summed E-state index contributed by atoms with van der Waals surface area (Å²) < 4.78 is 7.21. The van der Waals surface area contributed by atoms with Crippen molar-refractivity contribution in [1.82, 2.24) is 19.9 Å². The van der Waals surface area contributed by atoms with Crippen molar-refractivity contribution in [3.63, 3.8) is 0 Å². The molecule has 0 radical (unpaired) electrons. The topological polar surface area (TPSA) is 85.8 Å². The van der Waals surface area contributed by atoms with Gasteiger partial charge in [0.1, 0.15) is 5.69 Å². The number of rotatable bonds is 4. The third-order valence-corrected chi connectivity index (χ3v) is 5.04. The van der Waals surface area contributed by atoms with Crippen molar-refractivity contribution < 1.29 is 9.32 Å². The van der Waals surface area contributed by atoms with Gasteiger partial charge in [-0.25, -0.2) is 4.98 Å². The van der Waals surface area contributed by atoms with Crippen LogP contribution in [0.25, 0.3) is 33.6 Å².